The van der Waals surface area contributed by atoms with Crippen LogP contribution in [-0.4, -0.2) is 5.11 Å². The highest BCUT2D eigenvalue weighted by atomic mass is 19.1. The molecule has 0 heterocycles. The van der Waals surface area contributed by atoms with E-state index in [9.17, 15) is 9.50 Å². The maximum Gasteiger partial charge on any atom is 0.129 e. The molecule has 0 aliphatic heterocycles. The van der Waals surface area contributed by atoms with E-state index in [1.165, 1.54) is 6.07 Å². The van der Waals surface area contributed by atoms with Gasteiger partial charge in [0.05, 0.1) is 5.60 Å². The highest BCUT2D eigenvalue weighted by Crippen LogP contribution is 2.32. The van der Waals surface area contributed by atoms with Gasteiger partial charge in [0.15, 0.2) is 0 Å². The number of halogens is 1. The summed E-state index contributed by atoms with van der Waals surface area (Å²) < 4.78 is 13.5. The fourth-order valence-electron chi connectivity index (χ4n) is 1.65. The van der Waals surface area contributed by atoms with Gasteiger partial charge in [0.2, 0.25) is 0 Å². The van der Waals surface area contributed by atoms with Gasteiger partial charge in [0.1, 0.15) is 5.82 Å². The molecule has 2 heteroatoms. The Morgan fingerprint density at radius 1 is 1.06 bits per heavy atom. The quantitative estimate of drug-likeness (QED) is 0.826. The van der Waals surface area contributed by atoms with Crippen LogP contribution in [0.4, 0.5) is 4.39 Å². The molecule has 0 aromatic heterocycles. The third-order valence-electron chi connectivity index (χ3n) is 2.82. The Morgan fingerprint density at radius 2 is 1.62 bits per heavy atom. The lowest BCUT2D eigenvalue weighted by Crippen LogP contribution is -2.24. The van der Waals surface area contributed by atoms with E-state index in [2.05, 4.69) is 20.8 Å². The Kier molecular flexibility index (Phi) is 3.74. The van der Waals surface area contributed by atoms with Crippen molar-refractivity contribution in [3.63, 3.8) is 0 Å². The Morgan fingerprint density at radius 3 is 2.12 bits per heavy atom. The molecular formula is C14H21FO. The second kappa shape index (κ2) is 4.54. The van der Waals surface area contributed by atoms with Gasteiger partial charge in [-0.2, -0.15) is 0 Å². The average molecular weight is 224 g/mol. The molecule has 1 aromatic rings. The molecule has 1 unspecified atom stereocenters. The van der Waals surface area contributed by atoms with Crippen LogP contribution in [-0.2, 0) is 5.60 Å². The molecule has 0 radical (unpaired) electrons. The van der Waals surface area contributed by atoms with Gasteiger partial charge in [0, 0.05) is 5.56 Å². The monoisotopic (exact) mass is 224 g/mol. The summed E-state index contributed by atoms with van der Waals surface area (Å²) in [6.07, 6.45) is 1.42. The second-order valence-corrected chi connectivity index (χ2v) is 5.81. The Bertz CT molecular complexity index is 350. The molecule has 1 aromatic carbocycles. The van der Waals surface area contributed by atoms with E-state index in [0.29, 0.717) is 12.0 Å². The van der Waals surface area contributed by atoms with E-state index in [1.54, 1.807) is 25.1 Å². The molecule has 0 saturated carbocycles. The van der Waals surface area contributed by atoms with E-state index in [4.69, 9.17) is 0 Å². The van der Waals surface area contributed by atoms with Gasteiger partial charge in [-0.3, -0.25) is 0 Å². The lowest BCUT2D eigenvalue weighted by Gasteiger charge is -2.28. The van der Waals surface area contributed by atoms with Crippen LogP contribution in [0.15, 0.2) is 24.3 Å². The Hall–Kier alpha value is -0.890. The predicted molar refractivity (Wildman–Crippen MR) is 64.7 cm³/mol. The largest absolute Gasteiger partial charge is 0.385 e. The molecule has 1 rings (SSSR count). The standard InChI is InChI=1S/C14H21FO/c1-13(2,3)9-10-14(4,16)11-7-5-6-8-12(11)15/h5-8,16H,9-10H2,1-4H3. The van der Waals surface area contributed by atoms with Crippen molar-refractivity contribution in [2.75, 3.05) is 0 Å². The lowest BCUT2D eigenvalue weighted by molar-refractivity contribution is 0.0324. The molecule has 0 bridgehead atoms. The minimum atomic E-state index is -1.08. The van der Waals surface area contributed by atoms with Gasteiger partial charge in [-0.15, -0.1) is 0 Å². The third-order valence-corrected chi connectivity index (χ3v) is 2.82. The smallest absolute Gasteiger partial charge is 0.129 e. The summed E-state index contributed by atoms with van der Waals surface area (Å²) in [5.41, 5.74) is -0.548. The van der Waals surface area contributed by atoms with Crippen molar-refractivity contribution in [2.45, 2.75) is 46.1 Å². The first-order valence-corrected chi connectivity index (χ1v) is 5.70. The van der Waals surface area contributed by atoms with Crippen LogP contribution in [0, 0.1) is 11.2 Å². The van der Waals surface area contributed by atoms with Gasteiger partial charge in [-0.25, -0.2) is 4.39 Å². The van der Waals surface area contributed by atoms with Crippen LogP contribution in [0.3, 0.4) is 0 Å². The van der Waals surface area contributed by atoms with E-state index in [-0.39, 0.29) is 11.2 Å². The maximum atomic E-state index is 13.5. The molecule has 0 aliphatic carbocycles. The molecule has 1 nitrogen and oxygen atoms in total. The van der Waals surface area contributed by atoms with Crippen LogP contribution in [0.2, 0.25) is 0 Å². The van der Waals surface area contributed by atoms with Crippen molar-refractivity contribution in [1.82, 2.24) is 0 Å². The number of benzene rings is 1. The van der Waals surface area contributed by atoms with Gasteiger partial charge in [0.25, 0.3) is 0 Å². The van der Waals surface area contributed by atoms with Gasteiger partial charge in [-0.1, -0.05) is 39.0 Å². The van der Waals surface area contributed by atoms with E-state index in [1.807, 2.05) is 0 Å². The van der Waals surface area contributed by atoms with Crippen LogP contribution in [0.25, 0.3) is 0 Å². The van der Waals surface area contributed by atoms with Gasteiger partial charge < -0.3 is 5.11 Å². The minimum absolute atomic E-state index is 0.148. The SMILES string of the molecule is CC(C)(C)CCC(C)(O)c1ccccc1F. The number of hydrogen-bond acceptors (Lipinski definition) is 1. The van der Waals surface area contributed by atoms with Crippen LogP contribution in [0.1, 0.15) is 46.1 Å². The first-order chi connectivity index (χ1) is 7.22. The van der Waals surface area contributed by atoms with Crippen LogP contribution < -0.4 is 0 Å². The molecule has 16 heavy (non-hydrogen) atoms. The fourth-order valence-corrected chi connectivity index (χ4v) is 1.65. The third kappa shape index (κ3) is 3.60. The summed E-state index contributed by atoms with van der Waals surface area (Å²) in [6.45, 7) is 8.02. The minimum Gasteiger partial charge on any atom is -0.385 e. The molecule has 90 valence electrons. The topological polar surface area (TPSA) is 20.2 Å². The van der Waals surface area contributed by atoms with E-state index < -0.39 is 5.60 Å². The molecule has 0 aliphatic rings. The van der Waals surface area contributed by atoms with E-state index in [0.717, 1.165) is 6.42 Å². The fraction of sp³-hybridized carbons (Fsp3) is 0.571. The lowest BCUT2D eigenvalue weighted by atomic mass is 9.82. The first kappa shape index (κ1) is 13.2. The summed E-state index contributed by atoms with van der Waals surface area (Å²) in [6, 6.07) is 6.43. The molecule has 0 saturated heterocycles. The van der Waals surface area contributed by atoms with Crippen molar-refractivity contribution < 1.29 is 9.50 Å². The summed E-state index contributed by atoms with van der Waals surface area (Å²) in [7, 11) is 0. The molecular weight excluding hydrogens is 203 g/mol. The molecule has 1 N–H and O–H groups in total. The van der Waals surface area contributed by atoms with E-state index >= 15 is 0 Å². The first-order valence-electron chi connectivity index (χ1n) is 5.70. The highest BCUT2D eigenvalue weighted by molar-refractivity contribution is 5.23. The predicted octanol–water partition coefficient (Wildman–Crippen LogP) is 3.86. The summed E-state index contributed by atoms with van der Waals surface area (Å²) in [5, 5.41) is 10.3. The van der Waals surface area contributed by atoms with Crippen LogP contribution in [0.5, 0.6) is 0 Å². The zero-order chi connectivity index (χ0) is 12.4. The van der Waals surface area contributed by atoms with Gasteiger partial charge >= 0.3 is 0 Å². The molecule has 0 amide bonds. The zero-order valence-corrected chi connectivity index (χ0v) is 10.5. The Labute approximate surface area is 97.3 Å². The van der Waals surface area contributed by atoms with Crippen molar-refractivity contribution in [2.24, 2.45) is 5.41 Å². The number of aliphatic hydroxyl groups is 1. The highest BCUT2D eigenvalue weighted by Gasteiger charge is 2.27. The van der Waals surface area contributed by atoms with Gasteiger partial charge in [-0.05, 0) is 31.2 Å². The molecule has 0 spiro atoms. The van der Waals surface area contributed by atoms with Crippen molar-refractivity contribution in [1.29, 1.82) is 0 Å². The average Bonchev–Trinajstić information content (AvgIpc) is 2.14. The summed E-state index contributed by atoms with van der Waals surface area (Å²) >= 11 is 0. The summed E-state index contributed by atoms with van der Waals surface area (Å²) in [4.78, 5) is 0. The van der Waals surface area contributed by atoms with Crippen molar-refractivity contribution in [3.8, 4) is 0 Å². The molecule has 0 fully saturated rings. The number of rotatable bonds is 3. The van der Waals surface area contributed by atoms with Crippen LogP contribution >= 0.6 is 0 Å². The Balaban J connectivity index is 2.82. The second-order valence-electron chi connectivity index (χ2n) is 5.81. The summed E-state index contributed by atoms with van der Waals surface area (Å²) in [5.74, 6) is -0.332. The van der Waals surface area contributed by atoms with Crippen molar-refractivity contribution >= 4 is 0 Å². The molecule has 1 atom stereocenters. The maximum absolute atomic E-state index is 13.5. The zero-order valence-electron chi connectivity index (χ0n) is 10.5. The number of hydrogen-bond donors (Lipinski definition) is 1. The normalized spacial score (nSPS) is 15.9. The van der Waals surface area contributed by atoms with Crippen molar-refractivity contribution in [3.05, 3.63) is 35.6 Å².